The summed E-state index contributed by atoms with van der Waals surface area (Å²) in [5.41, 5.74) is 1.77. The molecule has 0 spiro atoms. The second-order valence-corrected chi connectivity index (χ2v) is 11.8. The Morgan fingerprint density at radius 2 is 1.60 bits per heavy atom. The fraction of sp³-hybridized carbons (Fsp3) is 0.310. The van der Waals surface area contributed by atoms with E-state index in [9.17, 15) is 31.2 Å². The number of nitrogens with one attached hydrogen (secondary N) is 1. The van der Waals surface area contributed by atoms with Gasteiger partial charge in [-0.1, -0.05) is 31.2 Å². The lowest BCUT2D eigenvalue weighted by Crippen LogP contribution is -2.36. The normalized spacial score (nSPS) is 17.5. The zero-order valence-corrected chi connectivity index (χ0v) is 22.8. The van der Waals surface area contributed by atoms with Gasteiger partial charge in [-0.05, 0) is 66.1 Å². The zero-order chi connectivity index (χ0) is 29.1. The number of halogens is 3. The van der Waals surface area contributed by atoms with Crippen LogP contribution in [0.5, 0.6) is 0 Å². The van der Waals surface area contributed by atoms with Gasteiger partial charge in [0.1, 0.15) is 6.04 Å². The number of carbonyl (C=O) groups is 2. The van der Waals surface area contributed by atoms with E-state index in [0.29, 0.717) is 29.8 Å². The van der Waals surface area contributed by atoms with Gasteiger partial charge in [0.25, 0.3) is 5.91 Å². The number of carbonyl (C=O) groups excluding carboxylic acids is 2. The van der Waals surface area contributed by atoms with E-state index in [4.69, 9.17) is 4.74 Å². The lowest BCUT2D eigenvalue weighted by molar-refractivity contribution is -0.142. The first-order valence-corrected chi connectivity index (χ1v) is 14.3. The molecule has 3 aromatic carbocycles. The van der Waals surface area contributed by atoms with Crippen molar-refractivity contribution >= 4 is 27.4 Å². The lowest BCUT2D eigenvalue weighted by atomic mass is 9.95. The molecule has 1 aliphatic rings. The molecule has 1 N–H and O–H groups in total. The number of rotatable bonds is 8. The fourth-order valence-corrected chi connectivity index (χ4v) is 5.62. The molecule has 1 aliphatic heterocycles. The third-order valence-corrected chi connectivity index (χ3v) is 8.81. The van der Waals surface area contributed by atoms with Crippen LogP contribution in [-0.2, 0) is 32.1 Å². The summed E-state index contributed by atoms with van der Waals surface area (Å²) in [6, 6.07) is 17.3. The van der Waals surface area contributed by atoms with Crippen LogP contribution < -0.4 is 10.2 Å². The minimum absolute atomic E-state index is 0.00654. The first-order chi connectivity index (χ1) is 18.9. The highest BCUT2D eigenvalue weighted by atomic mass is 32.2. The molecule has 0 radical (unpaired) electrons. The van der Waals surface area contributed by atoms with Crippen LogP contribution in [-0.4, -0.2) is 45.7 Å². The summed E-state index contributed by atoms with van der Waals surface area (Å²) < 4.78 is 67.8. The number of hydrogen-bond acceptors (Lipinski definition) is 6. The number of nitrogens with zero attached hydrogens (tertiary/aromatic N) is 1. The van der Waals surface area contributed by atoms with E-state index >= 15 is 0 Å². The molecule has 0 aliphatic carbocycles. The molecule has 0 aromatic heterocycles. The van der Waals surface area contributed by atoms with Gasteiger partial charge in [-0.25, -0.2) is 13.2 Å². The maximum absolute atomic E-state index is 13.0. The minimum atomic E-state index is -4.43. The van der Waals surface area contributed by atoms with Crippen molar-refractivity contribution in [2.75, 3.05) is 24.3 Å². The van der Waals surface area contributed by atoms with E-state index in [0.717, 1.165) is 17.7 Å². The highest BCUT2D eigenvalue weighted by molar-refractivity contribution is 7.91. The highest BCUT2D eigenvalue weighted by Crippen LogP contribution is 2.37. The Balaban J connectivity index is 1.43. The average Bonchev–Trinajstić information content (AvgIpc) is 3.41. The molecule has 1 amide bonds. The van der Waals surface area contributed by atoms with Gasteiger partial charge >= 0.3 is 12.1 Å². The zero-order valence-electron chi connectivity index (χ0n) is 21.9. The highest BCUT2D eigenvalue weighted by Gasteiger charge is 2.39. The van der Waals surface area contributed by atoms with Crippen LogP contribution in [0.2, 0.25) is 0 Å². The molecule has 2 unspecified atom stereocenters. The Bertz CT molecular complexity index is 1460. The Morgan fingerprint density at radius 1 is 0.975 bits per heavy atom. The summed E-state index contributed by atoms with van der Waals surface area (Å²) in [5, 5.41) is 2.80. The summed E-state index contributed by atoms with van der Waals surface area (Å²) in [4.78, 5) is 27.3. The topological polar surface area (TPSA) is 92.8 Å². The molecule has 7 nitrogen and oxygen atoms in total. The third-order valence-electron chi connectivity index (χ3n) is 7.06. The van der Waals surface area contributed by atoms with Crippen molar-refractivity contribution in [3.63, 3.8) is 0 Å². The van der Waals surface area contributed by atoms with Crippen LogP contribution in [0, 0.1) is 0 Å². The molecule has 40 heavy (non-hydrogen) atoms. The number of methoxy groups -OCH3 is 1. The maximum Gasteiger partial charge on any atom is 0.416 e. The molecule has 1 heterocycles. The quantitative estimate of drug-likeness (QED) is 0.382. The number of benzene rings is 3. The van der Waals surface area contributed by atoms with E-state index < -0.39 is 33.6 Å². The van der Waals surface area contributed by atoms with Crippen molar-refractivity contribution in [2.45, 2.75) is 42.9 Å². The van der Waals surface area contributed by atoms with E-state index in [1.807, 2.05) is 4.90 Å². The lowest BCUT2D eigenvalue weighted by Gasteiger charge is -2.25. The van der Waals surface area contributed by atoms with Crippen molar-refractivity contribution in [2.24, 2.45) is 0 Å². The molecule has 3 aromatic rings. The van der Waals surface area contributed by atoms with Gasteiger partial charge in [0.15, 0.2) is 9.84 Å². The van der Waals surface area contributed by atoms with E-state index in [1.165, 1.54) is 31.4 Å². The predicted molar refractivity (Wildman–Crippen MR) is 144 cm³/mol. The van der Waals surface area contributed by atoms with Gasteiger partial charge < -0.3 is 15.0 Å². The van der Waals surface area contributed by atoms with E-state index in [2.05, 4.69) is 5.32 Å². The Morgan fingerprint density at radius 3 is 2.15 bits per heavy atom. The number of ether oxygens (including phenoxy) is 1. The second-order valence-electron chi connectivity index (χ2n) is 9.52. The summed E-state index contributed by atoms with van der Waals surface area (Å²) in [7, 11) is -2.01. The van der Waals surface area contributed by atoms with Crippen LogP contribution in [0.4, 0.5) is 18.9 Å². The summed E-state index contributed by atoms with van der Waals surface area (Å²) in [5.74, 6) is -0.959. The molecule has 1 fully saturated rings. The SMILES string of the molecule is CCS(=O)(=O)c1ccc(CNC(=O)c2ccc(N3CC(c4ccc(C(F)(F)F)cc4)CC3C(=O)OC)cc2)cc1. The van der Waals surface area contributed by atoms with Crippen LogP contribution in [0.25, 0.3) is 0 Å². The van der Waals surface area contributed by atoms with Gasteiger partial charge in [0.2, 0.25) is 0 Å². The van der Waals surface area contributed by atoms with Gasteiger partial charge in [0, 0.05) is 30.3 Å². The Hall–Kier alpha value is -3.86. The number of esters is 1. The van der Waals surface area contributed by atoms with Crippen molar-refractivity contribution < 1.29 is 35.9 Å². The first kappa shape index (κ1) is 29.1. The standard InChI is InChI=1S/C29H29F3N2O5S/c1-3-40(37,38)25-14-4-19(5-15-25)17-33-27(35)21-8-12-24(13-9-21)34-18-22(16-26(34)28(36)39-2)20-6-10-23(11-7-20)29(30,31)32/h4-15,22,26H,3,16-18H2,1-2H3,(H,33,35). The fourth-order valence-electron chi connectivity index (χ4n) is 4.74. The molecular weight excluding hydrogens is 545 g/mol. The predicted octanol–water partition coefficient (Wildman–Crippen LogP) is 4.96. The molecule has 1 saturated heterocycles. The van der Waals surface area contributed by atoms with Gasteiger partial charge in [0.05, 0.1) is 23.3 Å². The van der Waals surface area contributed by atoms with Crippen molar-refractivity contribution in [1.29, 1.82) is 0 Å². The van der Waals surface area contributed by atoms with Crippen molar-refractivity contribution in [3.8, 4) is 0 Å². The minimum Gasteiger partial charge on any atom is -0.467 e. The van der Waals surface area contributed by atoms with Gasteiger partial charge in [-0.15, -0.1) is 0 Å². The number of anilines is 1. The molecule has 0 saturated carbocycles. The average molecular weight is 575 g/mol. The molecule has 212 valence electrons. The van der Waals surface area contributed by atoms with Gasteiger partial charge in [-0.2, -0.15) is 13.2 Å². The monoisotopic (exact) mass is 574 g/mol. The second kappa shape index (κ2) is 11.7. The van der Waals surface area contributed by atoms with Crippen molar-refractivity contribution in [1.82, 2.24) is 5.32 Å². The third kappa shape index (κ3) is 6.47. The Kier molecular flexibility index (Phi) is 8.53. The van der Waals surface area contributed by atoms with Crippen LogP contribution in [0.1, 0.15) is 46.3 Å². The summed E-state index contributed by atoms with van der Waals surface area (Å²) in [6.07, 6.45) is -4.05. The molecular formula is C29H29F3N2O5S. The number of alkyl halides is 3. The molecule has 11 heteroatoms. The Labute approximate surface area is 230 Å². The maximum atomic E-state index is 13.0. The van der Waals surface area contributed by atoms with E-state index in [-0.39, 0.29) is 29.0 Å². The smallest absolute Gasteiger partial charge is 0.416 e. The largest absolute Gasteiger partial charge is 0.467 e. The first-order valence-electron chi connectivity index (χ1n) is 12.6. The van der Waals surface area contributed by atoms with Crippen LogP contribution in [0.3, 0.4) is 0 Å². The van der Waals surface area contributed by atoms with Crippen LogP contribution >= 0.6 is 0 Å². The van der Waals surface area contributed by atoms with Crippen molar-refractivity contribution in [3.05, 3.63) is 95.1 Å². The molecule has 4 rings (SSSR count). The summed E-state index contributed by atoms with van der Waals surface area (Å²) >= 11 is 0. The van der Waals surface area contributed by atoms with Gasteiger partial charge in [-0.3, -0.25) is 4.79 Å². The number of hydrogen-bond donors (Lipinski definition) is 1. The van der Waals surface area contributed by atoms with E-state index in [1.54, 1.807) is 43.3 Å². The number of amides is 1. The van der Waals surface area contributed by atoms with Crippen LogP contribution in [0.15, 0.2) is 77.7 Å². The number of sulfone groups is 1. The molecule has 2 atom stereocenters. The molecule has 0 bridgehead atoms. The summed E-state index contributed by atoms with van der Waals surface area (Å²) in [6.45, 7) is 2.17.